The van der Waals surface area contributed by atoms with Gasteiger partial charge in [0, 0.05) is 16.9 Å². The van der Waals surface area contributed by atoms with Crippen LogP contribution >= 0.6 is 0 Å². The summed E-state index contributed by atoms with van der Waals surface area (Å²) in [6.45, 7) is 3.67. The van der Waals surface area contributed by atoms with Crippen molar-refractivity contribution in [3.05, 3.63) is 94.4 Å². The number of aromatic nitrogens is 2. The summed E-state index contributed by atoms with van der Waals surface area (Å²) < 4.78 is 21.3. The number of hydrogen-bond acceptors (Lipinski definition) is 4. The maximum atomic E-state index is 14.4. The molecule has 0 aliphatic heterocycles. The highest BCUT2D eigenvalue weighted by Gasteiger charge is 2.27. The summed E-state index contributed by atoms with van der Waals surface area (Å²) in [6.07, 6.45) is 3.98. The summed E-state index contributed by atoms with van der Waals surface area (Å²) >= 11 is 0. The zero-order valence-corrected chi connectivity index (χ0v) is 18.8. The first kappa shape index (κ1) is 21.6. The third kappa shape index (κ3) is 3.98. The molecular formula is C26H23FN4O3. The van der Waals surface area contributed by atoms with Crippen molar-refractivity contribution >= 4 is 23.2 Å². The number of carbonyl (C=O) groups is 2. The monoisotopic (exact) mass is 458 g/mol. The predicted molar refractivity (Wildman–Crippen MR) is 126 cm³/mol. The van der Waals surface area contributed by atoms with Crippen molar-refractivity contribution < 1.29 is 18.4 Å². The Balaban J connectivity index is 1.39. The van der Waals surface area contributed by atoms with Gasteiger partial charge in [-0.25, -0.2) is 9.07 Å². The molecule has 0 saturated carbocycles. The van der Waals surface area contributed by atoms with Gasteiger partial charge in [0.2, 0.25) is 0 Å². The van der Waals surface area contributed by atoms with E-state index in [-0.39, 0.29) is 11.6 Å². The minimum Gasteiger partial charge on any atom is -0.469 e. The largest absolute Gasteiger partial charge is 0.469 e. The molecule has 172 valence electrons. The highest BCUT2D eigenvalue weighted by Crippen LogP contribution is 2.29. The molecule has 0 radical (unpaired) electrons. The van der Waals surface area contributed by atoms with Gasteiger partial charge < -0.3 is 15.1 Å². The number of nitrogens with one attached hydrogen (secondary N) is 2. The zero-order chi connectivity index (χ0) is 23.8. The SMILES string of the molecule is Cc1ccc(-n2nc(C(=O)Nc3ccc(F)c(NC(=O)c4ccoc4C)c3)c3c2CCC3)cc1. The van der Waals surface area contributed by atoms with Crippen molar-refractivity contribution in [2.24, 2.45) is 0 Å². The van der Waals surface area contributed by atoms with Crippen LogP contribution in [0.4, 0.5) is 15.8 Å². The molecule has 7 nitrogen and oxygen atoms in total. The van der Waals surface area contributed by atoms with Crippen LogP contribution in [0.5, 0.6) is 0 Å². The maximum absolute atomic E-state index is 14.4. The number of hydrogen-bond donors (Lipinski definition) is 2. The molecule has 8 heteroatoms. The Bertz CT molecular complexity index is 1400. The smallest absolute Gasteiger partial charge is 0.276 e. The van der Waals surface area contributed by atoms with Crippen molar-refractivity contribution in [3.63, 3.8) is 0 Å². The fourth-order valence-corrected chi connectivity index (χ4v) is 4.22. The molecular weight excluding hydrogens is 435 g/mol. The van der Waals surface area contributed by atoms with Crippen LogP contribution in [0.3, 0.4) is 0 Å². The van der Waals surface area contributed by atoms with E-state index in [0.717, 1.165) is 41.8 Å². The molecule has 0 unspecified atom stereocenters. The average Bonchev–Trinajstić information content (AvgIpc) is 3.53. The van der Waals surface area contributed by atoms with Crippen molar-refractivity contribution in [1.82, 2.24) is 9.78 Å². The van der Waals surface area contributed by atoms with Gasteiger partial charge in [-0.15, -0.1) is 0 Å². The standard InChI is InChI=1S/C26H23FN4O3/c1-15-6-9-18(10-7-15)31-23-5-3-4-20(23)24(30-31)26(33)28-17-8-11-21(27)22(14-17)29-25(32)19-12-13-34-16(19)2/h6-14H,3-5H2,1-2H3,(H,28,33)(H,29,32). The normalized spacial score (nSPS) is 12.4. The van der Waals surface area contributed by atoms with E-state index in [1.807, 2.05) is 35.9 Å². The Morgan fingerprint density at radius 1 is 1.00 bits per heavy atom. The first-order valence-corrected chi connectivity index (χ1v) is 11.0. The van der Waals surface area contributed by atoms with Gasteiger partial charge in [-0.05, 0) is 69.5 Å². The molecule has 4 aromatic rings. The van der Waals surface area contributed by atoms with Crippen molar-refractivity contribution in [3.8, 4) is 5.69 Å². The van der Waals surface area contributed by atoms with Gasteiger partial charge in [0.25, 0.3) is 11.8 Å². The van der Waals surface area contributed by atoms with Gasteiger partial charge in [-0.3, -0.25) is 9.59 Å². The third-order valence-electron chi connectivity index (χ3n) is 6.00. The number of aryl methyl sites for hydroxylation is 2. The summed E-state index contributed by atoms with van der Waals surface area (Å²) in [5.41, 5.74) is 5.00. The van der Waals surface area contributed by atoms with E-state index >= 15 is 0 Å². The lowest BCUT2D eigenvalue weighted by molar-refractivity contribution is 0.101. The lowest BCUT2D eigenvalue weighted by Crippen LogP contribution is -2.16. The number of amides is 2. The second kappa shape index (κ2) is 8.62. The Morgan fingerprint density at radius 2 is 1.79 bits per heavy atom. The molecule has 0 saturated heterocycles. The van der Waals surface area contributed by atoms with E-state index in [9.17, 15) is 14.0 Å². The van der Waals surface area contributed by atoms with E-state index in [1.165, 1.54) is 30.5 Å². The number of halogens is 1. The van der Waals surface area contributed by atoms with Gasteiger partial charge >= 0.3 is 0 Å². The molecule has 2 aromatic heterocycles. The number of furan rings is 1. The summed E-state index contributed by atoms with van der Waals surface area (Å²) in [5, 5.41) is 9.94. The van der Waals surface area contributed by atoms with Crippen LogP contribution in [0, 0.1) is 19.7 Å². The third-order valence-corrected chi connectivity index (χ3v) is 6.00. The Labute approximate surface area is 195 Å². The van der Waals surface area contributed by atoms with E-state index in [1.54, 1.807) is 6.92 Å². The minimum atomic E-state index is -0.614. The minimum absolute atomic E-state index is 0.0428. The molecule has 34 heavy (non-hydrogen) atoms. The average molecular weight is 458 g/mol. The van der Waals surface area contributed by atoms with Gasteiger partial charge in [0.05, 0.1) is 23.2 Å². The molecule has 0 fully saturated rings. The van der Waals surface area contributed by atoms with Crippen LogP contribution in [-0.4, -0.2) is 21.6 Å². The van der Waals surface area contributed by atoms with Crippen LogP contribution in [0.2, 0.25) is 0 Å². The van der Waals surface area contributed by atoms with Crippen molar-refractivity contribution in [2.75, 3.05) is 10.6 Å². The topological polar surface area (TPSA) is 89.2 Å². The number of nitrogens with zero attached hydrogens (tertiary/aromatic N) is 2. The van der Waals surface area contributed by atoms with E-state index in [4.69, 9.17) is 4.42 Å². The fraction of sp³-hybridized carbons (Fsp3) is 0.192. The van der Waals surface area contributed by atoms with Crippen LogP contribution < -0.4 is 10.6 Å². The molecule has 0 atom stereocenters. The van der Waals surface area contributed by atoms with Gasteiger partial charge in [0.1, 0.15) is 11.6 Å². The van der Waals surface area contributed by atoms with Gasteiger partial charge in [-0.2, -0.15) is 5.10 Å². The first-order chi connectivity index (χ1) is 16.4. The molecule has 1 aliphatic carbocycles. The number of anilines is 2. The summed E-state index contributed by atoms with van der Waals surface area (Å²) in [6, 6.07) is 13.5. The fourth-order valence-electron chi connectivity index (χ4n) is 4.22. The lowest BCUT2D eigenvalue weighted by Gasteiger charge is -2.10. The number of fused-ring (bicyclic) bond motifs is 1. The van der Waals surface area contributed by atoms with Gasteiger partial charge in [-0.1, -0.05) is 17.7 Å². The zero-order valence-electron chi connectivity index (χ0n) is 18.8. The second-order valence-corrected chi connectivity index (χ2v) is 8.37. The predicted octanol–water partition coefficient (Wildman–Crippen LogP) is 5.21. The summed E-state index contributed by atoms with van der Waals surface area (Å²) in [4.78, 5) is 25.6. The summed E-state index contributed by atoms with van der Waals surface area (Å²) in [5.74, 6) is -1.06. The highest BCUT2D eigenvalue weighted by atomic mass is 19.1. The molecule has 5 rings (SSSR count). The Morgan fingerprint density at radius 3 is 2.53 bits per heavy atom. The van der Waals surface area contributed by atoms with E-state index < -0.39 is 11.7 Å². The lowest BCUT2D eigenvalue weighted by atomic mass is 10.1. The quantitative estimate of drug-likeness (QED) is 0.429. The molecule has 2 amide bonds. The Hall–Kier alpha value is -4.20. The summed E-state index contributed by atoms with van der Waals surface area (Å²) in [7, 11) is 0. The van der Waals surface area contributed by atoms with Crippen molar-refractivity contribution in [1.29, 1.82) is 0 Å². The molecule has 2 aromatic carbocycles. The Kier molecular flexibility index (Phi) is 5.49. The van der Waals surface area contributed by atoms with E-state index in [0.29, 0.717) is 22.7 Å². The van der Waals surface area contributed by atoms with Crippen LogP contribution in [0.15, 0.2) is 59.2 Å². The second-order valence-electron chi connectivity index (χ2n) is 8.37. The molecule has 2 heterocycles. The molecule has 0 spiro atoms. The highest BCUT2D eigenvalue weighted by molar-refractivity contribution is 6.06. The van der Waals surface area contributed by atoms with Crippen LogP contribution in [0.25, 0.3) is 5.69 Å². The number of carbonyl (C=O) groups excluding carboxylic acids is 2. The van der Waals surface area contributed by atoms with Gasteiger partial charge in [0.15, 0.2) is 5.69 Å². The molecule has 1 aliphatic rings. The maximum Gasteiger partial charge on any atom is 0.276 e. The van der Waals surface area contributed by atoms with Crippen molar-refractivity contribution in [2.45, 2.75) is 33.1 Å². The first-order valence-electron chi connectivity index (χ1n) is 11.0. The van der Waals surface area contributed by atoms with Crippen LogP contribution in [0.1, 0.15) is 49.8 Å². The molecule has 0 bridgehead atoms. The van der Waals surface area contributed by atoms with E-state index in [2.05, 4.69) is 15.7 Å². The van der Waals surface area contributed by atoms with Crippen LogP contribution in [-0.2, 0) is 12.8 Å². The number of benzene rings is 2. The number of rotatable bonds is 5. The molecule has 2 N–H and O–H groups in total.